The predicted molar refractivity (Wildman–Crippen MR) is 179 cm³/mol. The molecule has 0 saturated heterocycles. The average Bonchev–Trinajstić information content (AvgIpc) is 3.33. The quantitative estimate of drug-likeness (QED) is 0.234. The topological polar surface area (TPSA) is 60.8 Å². The van der Waals surface area contributed by atoms with Gasteiger partial charge in [-0.1, -0.05) is 75.4 Å². The largest absolute Gasteiger partial charge is 0.508 e. The molecule has 45 heavy (non-hydrogen) atoms. The molecule has 0 aliphatic heterocycles. The van der Waals surface area contributed by atoms with E-state index in [-0.39, 0.29) is 23.0 Å². The Labute approximate surface area is 270 Å². The molecule has 2 N–H and O–H groups in total. The van der Waals surface area contributed by atoms with Crippen LogP contribution in [0.15, 0.2) is 48.5 Å². The lowest BCUT2D eigenvalue weighted by Gasteiger charge is -2.54. The number of nitrogens with zero attached hydrogens (tertiary/aromatic N) is 1. The predicted octanol–water partition coefficient (Wildman–Crippen LogP) is 8.78. The van der Waals surface area contributed by atoms with E-state index in [0.717, 1.165) is 82.0 Å². The first kappa shape index (κ1) is 32.5. The van der Waals surface area contributed by atoms with Crippen LogP contribution >= 0.6 is 0 Å². The summed E-state index contributed by atoms with van der Waals surface area (Å²) < 4.78 is 16.1. The van der Waals surface area contributed by atoms with Gasteiger partial charge in [0.1, 0.15) is 11.9 Å². The number of phenols is 1. The average molecular weight is 618 g/mol. The molecular weight excluding hydrogens is 561 g/mol. The molecule has 6 unspecified atom stereocenters. The molecule has 5 heteroatoms. The molecule has 4 aliphatic rings. The van der Waals surface area contributed by atoms with Gasteiger partial charge in [-0.2, -0.15) is 0 Å². The number of aryl methyl sites for hydroxylation is 1. The first-order valence-electron chi connectivity index (χ1n) is 18.3. The van der Waals surface area contributed by atoms with Gasteiger partial charge in [-0.25, -0.2) is 4.39 Å². The summed E-state index contributed by atoms with van der Waals surface area (Å²) in [4.78, 5) is 15.7. The Hall–Kier alpha value is -2.40. The highest BCUT2D eigenvalue weighted by Gasteiger charge is 2.59. The normalized spacial score (nSPS) is 31.2. The van der Waals surface area contributed by atoms with Crippen molar-refractivity contribution in [1.82, 2.24) is 4.90 Å². The van der Waals surface area contributed by atoms with Crippen molar-refractivity contribution in [3.05, 3.63) is 65.2 Å². The van der Waals surface area contributed by atoms with Crippen LogP contribution in [0.25, 0.3) is 0 Å². The lowest BCUT2D eigenvalue weighted by atomic mass is 9.51. The fraction of sp³-hybridized carbons (Fsp3) is 0.675. The smallest absolute Gasteiger partial charge is 0.222 e. The molecule has 4 aliphatic carbocycles. The highest BCUT2D eigenvalue weighted by atomic mass is 19.1. The molecule has 0 heterocycles. The van der Waals surface area contributed by atoms with Crippen LogP contribution in [0.3, 0.4) is 0 Å². The van der Waals surface area contributed by atoms with Gasteiger partial charge in [-0.3, -0.25) is 4.79 Å². The standard InChI is InChI=1S/C40H56FNO3/c1-40-26-35(41)39-33-20-19-32(43)25-31(33)24-30(38(39)34(40)21-22-36(40)44)17-9-4-10-23-42(27-29-14-7-3-8-15-29)37(45)18-11-16-28-12-5-2-6-13-28/h2,5-6,12-13,19-20,25,29-30,34-36,38-39,43-44H,3-4,7-11,14-18,21-24,26-27H2,1H3/t30?,34?,35?,36?,38?,39?,40-/m0/s1. The molecular formula is C40H56FNO3. The van der Waals surface area contributed by atoms with Gasteiger partial charge in [0.25, 0.3) is 0 Å². The second kappa shape index (κ2) is 14.6. The van der Waals surface area contributed by atoms with Crippen molar-refractivity contribution in [1.29, 1.82) is 0 Å². The fourth-order valence-corrected chi connectivity index (χ4v) is 10.2. The summed E-state index contributed by atoms with van der Waals surface area (Å²) in [6.07, 6.45) is 14.8. The van der Waals surface area contributed by atoms with Gasteiger partial charge in [0.15, 0.2) is 0 Å². The van der Waals surface area contributed by atoms with E-state index in [2.05, 4.69) is 36.1 Å². The second-order valence-electron chi connectivity index (χ2n) is 15.4. The van der Waals surface area contributed by atoms with Crippen LogP contribution in [0.2, 0.25) is 0 Å². The van der Waals surface area contributed by atoms with Gasteiger partial charge in [-0.05, 0) is 122 Å². The molecule has 246 valence electrons. The van der Waals surface area contributed by atoms with Gasteiger partial charge in [0.2, 0.25) is 5.91 Å². The lowest BCUT2D eigenvalue weighted by Crippen LogP contribution is -2.51. The molecule has 7 atom stereocenters. The van der Waals surface area contributed by atoms with E-state index >= 15 is 4.39 Å². The number of halogens is 1. The number of rotatable bonds is 12. The summed E-state index contributed by atoms with van der Waals surface area (Å²) in [5.74, 6) is 2.03. The van der Waals surface area contributed by atoms with E-state index in [1.807, 2.05) is 18.2 Å². The van der Waals surface area contributed by atoms with Crippen molar-refractivity contribution in [2.45, 2.75) is 128 Å². The molecule has 4 nitrogen and oxygen atoms in total. The molecule has 0 bridgehead atoms. The summed E-state index contributed by atoms with van der Waals surface area (Å²) in [5.41, 5.74) is 3.17. The van der Waals surface area contributed by atoms with Crippen LogP contribution in [0.5, 0.6) is 5.75 Å². The van der Waals surface area contributed by atoms with E-state index in [0.29, 0.717) is 36.5 Å². The summed E-state index contributed by atoms with van der Waals surface area (Å²) in [6.45, 7) is 3.89. The maximum absolute atomic E-state index is 16.1. The number of aliphatic hydroxyl groups excluding tert-OH is 1. The maximum atomic E-state index is 16.1. The molecule has 0 radical (unpaired) electrons. The third-order valence-electron chi connectivity index (χ3n) is 12.5. The van der Waals surface area contributed by atoms with Crippen molar-refractivity contribution in [3.8, 4) is 5.75 Å². The number of aromatic hydroxyl groups is 1. The first-order valence-corrected chi connectivity index (χ1v) is 18.3. The van der Waals surface area contributed by atoms with Gasteiger partial charge >= 0.3 is 0 Å². The number of carbonyl (C=O) groups excluding carboxylic acids is 1. The van der Waals surface area contributed by atoms with E-state index in [1.165, 1.54) is 37.7 Å². The zero-order chi connectivity index (χ0) is 31.4. The second-order valence-corrected chi connectivity index (χ2v) is 15.4. The minimum Gasteiger partial charge on any atom is -0.508 e. The number of benzene rings is 2. The molecule has 0 spiro atoms. The number of hydrogen-bond acceptors (Lipinski definition) is 3. The number of unbranched alkanes of at least 4 members (excludes halogenated alkanes) is 2. The Bertz CT molecular complexity index is 1260. The van der Waals surface area contributed by atoms with Crippen LogP contribution in [0.4, 0.5) is 4.39 Å². The fourth-order valence-electron chi connectivity index (χ4n) is 10.2. The third kappa shape index (κ3) is 7.29. The van der Waals surface area contributed by atoms with Gasteiger partial charge in [0.05, 0.1) is 6.10 Å². The van der Waals surface area contributed by atoms with Crippen LogP contribution in [-0.4, -0.2) is 46.4 Å². The van der Waals surface area contributed by atoms with Crippen LogP contribution < -0.4 is 0 Å². The molecule has 1 amide bonds. The van der Waals surface area contributed by atoms with E-state index < -0.39 is 12.3 Å². The Morgan fingerprint density at radius 2 is 1.78 bits per heavy atom. The van der Waals surface area contributed by atoms with Crippen molar-refractivity contribution < 1.29 is 19.4 Å². The summed E-state index contributed by atoms with van der Waals surface area (Å²) >= 11 is 0. The van der Waals surface area contributed by atoms with Gasteiger partial charge in [0, 0.05) is 25.4 Å². The number of alkyl halides is 1. The highest BCUT2D eigenvalue weighted by Crippen LogP contribution is 2.63. The van der Waals surface area contributed by atoms with Crippen molar-refractivity contribution in [2.75, 3.05) is 13.1 Å². The van der Waals surface area contributed by atoms with E-state index in [1.54, 1.807) is 6.07 Å². The number of fused-ring (bicyclic) bond motifs is 5. The van der Waals surface area contributed by atoms with Crippen LogP contribution in [0, 0.1) is 29.1 Å². The molecule has 6 rings (SSSR count). The number of carbonyl (C=O) groups is 1. The lowest BCUT2D eigenvalue weighted by molar-refractivity contribution is -0.132. The molecule has 0 aromatic heterocycles. The summed E-state index contributed by atoms with van der Waals surface area (Å²) in [5, 5.41) is 21.2. The molecule has 3 saturated carbocycles. The van der Waals surface area contributed by atoms with Crippen LogP contribution in [-0.2, 0) is 17.6 Å². The van der Waals surface area contributed by atoms with Gasteiger partial charge < -0.3 is 15.1 Å². The van der Waals surface area contributed by atoms with Crippen LogP contribution in [0.1, 0.15) is 119 Å². The zero-order valence-electron chi connectivity index (χ0n) is 27.5. The number of phenolic OH excluding ortho intramolecular Hbond substituents is 1. The number of aliphatic hydroxyl groups is 1. The number of amides is 1. The Kier molecular flexibility index (Phi) is 10.5. The van der Waals surface area contributed by atoms with E-state index in [4.69, 9.17) is 0 Å². The first-order chi connectivity index (χ1) is 21.8. The highest BCUT2D eigenvalue weighted by molar-refractivity contribution is 5.76. The summed E-state index contributed by atoms with van der Waals surface area (Å²) in [6, 6.07) is 16.0. The Morgan fingerprint density at radius 1 is 0.978 bits per heavy atom. The van der Waals surface area contributed by atoms with E-state index in [9.17, 15) is 15.0 Å². The number of hydrogen-bond donors (Lipinski definition) is 2. The third-order valence-corrected chi connectivity index (χ3v) is 12.5. The zero-order valence-corrected chi connectivity index (χ0v) is 27.5. The van der Waals surface area contributed by atoms with Crippen molar-refractivity contribution >= 4 is 5.91 Å². The van der Waals surface area contributed by atoms with Crippen molar-refractivity contribution in [2.24, 2.45) is 29.1 Å². The molecule has 2 aromatic rings. The molecule has 3 fully saturated rings. The van der Waals surface area contributed by atoms with Gasteiger partial charge in [-0.15, -0.1) is 0 Å². The monoisotopic (exact) mass is 617 g/mol. The Morgan fingerprint density at radius 3 is 2.58 bits per heavy atom. The SMILES string of the molecule is C[C@]12CC(F)C3c4ccc(O)cc4CC(CCCCCN(CC4CCCCC4)C(=O)CCCc4ccccc4)C3C1CCC2O. The van der Waals surface area contributed by atoms with Crippen molar-refractivity contribution in [3.63, 3.8) is 0 Å². The minimum atomic E-state index is -0.962. The minimum absolute atomic E-state index is 0.137. The molecule has 2 aromatic carbocycles. The Balaban J connectivity index is 1.07. The maximum Gasteiger partial charge on any atom is 0.222 e. The summed E-state index contributed by atoms with van der Waals surface area (Å²) in [7, 11) is 0.